The molecule has 2 N–H and O–H groups in total. The number of benzene rings is 2. The molecule has 8 nitrogen and oxygen atoms in total. The molecule has 3 aromatic rings. The molecule has 36 heavy (non-hydrogen) atoms. The number of nitrogens with zero attached hydrogens (tertiary/aromatic N) is 3. The molecule has 0 fully saturated rings. The normalized spacial score (nSPS) is 12.8. The second-order valence-corrected chi connectivity index (χ2v) is 10.4. The van der Waals surface area contributed by atoms with Gasteiger partial charge in [0.1, 0.15) is 5.75 Å². The Morgan fingerprint density at radius 2 is 1.61 bits per heavy atom. The molecule has 0 saturated carbocycles. The molecule has 192 valence electrons. The maximum atomic E-state index is 12.7. The Kier molecular flexibility index (Phi) is 7.96. The minimum Gasteiger partial charge on any atom is -0.483 e. The Balaban J connectivity index is 1.91. The lowest BCUT2D eigenvalue weighted by molar-refractivity contribution is -0.132. The summed E-state index contributed by atoms with van der Waals surface area (Å²) in [5, 5.41) is 16.0. The first-order chi connectivity index (χ1) is 16.9. The summed E-state index contributed by atoms with van der Waals surface area (Å²) >= 11 is 0. The molecule has 8 heteroatoms. The number of rotatable bonds is 9. The highest BCUT2D eigenvalue weighted by Gasteiger charge is 2.32. The summed E-state index contributed by atoms with van der Waals surface area (Å²) in [5.41, 5.74) is 4.04. The van der Waals surface area contributed by atoms with Gasteiger partial charge in [-0.2, -0.15) is 5.21 Å². The summed E-state index contributed by atoms with van der Waals surface area (Å²) in [6.07, 6.45) is 1.25. The number of tetrazole rings is 1. The third-order valence-electron chi connectivity index (χ3n) is 6.94. The fourth-order valence-corrected chi connectivity index (χ4v) is 4.77. The standard InChI is InChI=1S/C28H37N5O3/c1-9-28(10-2,20-11-13-22(17(3)15-20)25(35)29-26-30-32-33-31-26)21-12-14-23(18(4)16-21)36-19(5)24(34)27(6,7)8/h11-16,19H,9-10H2,1-8H3,(H2,29,30,31,32,33,35). The van der Waals surface area contributed by atoms with Gasteiger partial charge >= 0.3 is 0 Å². The van der Waals surface area contributed by atoms with Crippen LogP contribution < -0.4 is 10.1 Å². The molecule has 0 aliphatic heterocycles. The van der Waals surface area contributed by atoms with Crippen LogP contribution in [0.5, 0.6) is 5.75 Å². The fourth-order valence-electron chi connectivity index (χ4n) is 4.77. The zero-order valence-electron chi connectivity index (χ0n) is 22.5. The predicted octanol–water partition coefficient (Wildman–Crippen LogP) is 5.56. The summed E-state index contributed by atoms with van der Waals surface area (Å²) in [5.74, 6) is 0.641. The van der Waals surface area contributed by atoms with Crippen LogP contribution in [0.3, 0.4) is 0 Å². The number of H-pyrrole nitrogens is 1. The van der Waals surface area contributed by atoms with E-state index in [1.807, 2.05) is 59.7 Å². The highest BCUT2D eigenvalue weighted by atomic mass is 16.5. The number of carbonyl (C=O) groups is 2. The molecule has 0 aliphatic rings. The lowest BCUT2D eigenvalue weighted by atomic mass is 9.70. The number of aryl methyl sites for hydroxylation is 2. The quantitative estimate of drug-likeness (QED) is 0.406. The van der Waals surface area contributed by atoms with Gasteiger partial charge in [0.15, 0.2) is 11.9 Å². The maximum Gasteiger partial charge on any atom is 0.270 e. The smallest absolute Gasteiger partial charge is 0.270 e. The van der Waals surface area contributed by atoms with Crippen molar-refractivity contribution >= 4 is 17.6 Å². The van der Waals surface area contributed by atoms with Gasteiger partial charge in [0.2, 0.25) is 0 Å². The Hall–Kier alpha value is -3.55. The number of nitrogens with one attached hydrogen (secondary N) is 2. The summed E-state index contributed by atoms with van der Waals surface area (Å²) in [7, 11) is 0. The van der Waals surface area contributed by atoms with Crippen molar-refractivity contribution in [2.45, 2.75) is 79.8 Å². The van der Waals surface area contributed by atoms with E-state index in [-0.39, 0.29) is 23.1 Å². The molecule has 0 spiro atoms. The minimum atomic E-state index is -0.523. The second kappa shape index (κ2) is 10.6. The van der Waals surface area contributed by atoms with E-state index in [0.29, 0.717) is 5.56 Å². The highest BCUT2D eigenvalue weighted by molar-refractivity contribution is 6.04. The van der Waals surface area contributed by atoms with Gasteiger partial charge in [-0.25, -0.2) is 0 Å². The molecule has 3 rings (SSSR count). The average Bonchev–Trinajstić information content (AvgIpc) is 3.33. The number of aromatic nitrogens is 4. The Morgan fingerprint density at radius 3 is 2.11 bits per heavy atom. The predicted molar refractivity (Wildman–Crippen MR) is 140 cm³/mol. The van der Waals surface area contributed by atoms with Crippen LogP contribution in [-0.4, -0.2) is 38.4 Å². The molecule has 0 aliphatic carbocycles. The fraction of sp³-hybridized carbons (Fsp3) is 0.464. The third-order valence-corrected chi connectivity index (χ3v) is 6.94. The molecule has 1 heterocycles. The van der Waals surface area contributed by atoms with E-state index in [1.54, 1.807) is 0 Å². The molecule has 1 amide bonds. The van der Waals surface area contributed by atoms with Gasteiger partial charge in [0.25, 0.3) is 11.9 Å². The van der Waals surface area contributed by atoms with E-state index in [9.17, 15) is 9.59 Å². The van der Waals surface area contributed by atoms with Crippen LogP contribution in [0.15, 0.2) is 36.4 Å². The van der Waals surface area contributed by atoms with Gasteiger partial charge in [-0.15, -0.1) is 5.10 Å². The van der Waals surface area contributed by atoms with Gasteiger partial charge in [0, 0.05) is 16.4 Å². The Labute approximate surface area is 213 Å². The number of ether oxygens (including phenoxy) is 1. The zero-order valence-corrected chi connectivity index (χ0v) is 22.5. The van der Waals surface area contributed by atoms with Crippen LogP contribution in [0.1, 0.15) is 87.0 Å². The summed E-state index contributed by atoms with van der Waals surface area (Å²) in [4.78, 5) is 25.3. The number of amides is 1. The molecule has 2 aromatic carbocycles. The number of ketones is 1. The molecule has 1 aromatic heterocycles. The van der Waals surface area contributed by atoms with Crippen LogP contribution in [-0.2, 0) is 10.2 Å². The van der Waals surface area contributed by atoms with Crippen molar-refractivity contribution in [1.29, 1.82) is 0 Å². The topological polar surface area (TPSA) is 110 Å². The van der Waals surface area contributed by atoms with Gasteiger partial charge in [0.05, 0.1) is 0 Å². The van der Waals surface area contributed by atoms with Gasteiger partial charge in [-0.1, -0.05) is 64.0 Å². The first-order valence-electron chi connectivity index (χ1n) is 12.4. The van der Waals surface area contributed by atoms with E-state index in [1.165, 1.54) is 5.56 Å². The minimum absolute atomic E-state index is 0.0707. The molecule has 0 bridgehead atoms. The number of aromatic amines is 1. The summed E-state index contributed by atoms with van der Waals surface area (Å²) < 4.78 is 6.07. The molecule has 0 radical (unpaired) electrons. The third kappa shape index (κ3) is 5.48. The SMILES string of the molecule is CCC(CC)(c1ccc(OC(C)C(=O)C(C)(C)C)c(C)c1)c1ccc(C(=O)Nc2nn[nH]n2)c(C)c1. The average molecular weight is 492 g/mol. The van der Waals surface area contributed by atoms with Crippen molar-refractivity contribution in [3.63, 3.8) is 0 Å². The van der Waals surface area contributed by atoms with Crippen LogP contribution >= 0.6 is 0 Å². The molecule has 1 atom stereocenters. The Bertz CT molecular complexity index is 1220. The van der Waals surface area contributed by atoms with E-state index in [0.717, 1.165) is 35.3 Å². The van der Waals surface area contributed by atoms with Gasteiger partial charge < -0.3 is 4.74 Å². The van der Waals surface area contributed by atoms with Crippen molar-refractivity contribution in [2.24, 2.45) is 5.41 Å². The van der Waals surface area contributed by atoms with Gasteiger partial charge in [-0.3, -0.25) is 14.9 Å². The van der Waals surface area contributed by atoms with E-state index in [2.05, 4.69) is 58.0 Å². The van der Waals surface area contributed by atoms with Crippen molar-refractivity contribution in [2.75, 3.05) is 5.32 Å². The largest absolute Gasteiger partial charge is 0.483 e. The van der Waals surface area contributed by atoms with Gasteiger partial charge in [-0.05, 0) is 73.2 Å². The first-order valence-corrected chi connectivity index (χ1v) is 12.4. The molecular formula is C28H37N5O3. The van der Waals surface area contributed by atoms with Crippen molar-refractivity contribution in [3.8, 4) is 5.75 Å². The van der Waals surface area contributed by atoms with Crippen molar-refractivity contribution in [1.82, 2.24) is 20.6 Å². The number of hydrogen-bond donors (Lipinski definition) is 2. The zero-order chi connectivity index (χ0) is 26.7. The summed E-state index contributed by atoms with van der Waals surface area (Å²) in [6, 6.07) is 12.2. The molecular weight excluding hydrogens is 454 g/mol. The molecule has 0 saturated heterocycles. The monoisotopic (exact) mass is 491 g/mol. The number of hydrogen-bond acceptors (Lipinski definition) is 6. The maximum absolute atomic E-state index is 12.7. The Morgan fingerprint density at radius 1 is 1.00 bits per heavy atom. The van der Waals surface area contributed by atoms with Crippen LogP contribution in [0.2, 0.25) is 0 Å². The summed E-state index contributed by atoms with van der Waals surface area (Å²) in [6.45, 7) is 15.8. The van der Waals surface area contributed by atoms with E-state index >= 15 is 0 Å². The second-order valence-electron chi connectivity index (χ2n) is 10.4. The lowest BCUT2D eigenvalue weighted by Gasteiger charge is -2.34. The first kappa shape index (κ1) is 27.0. The number of carbonyl (C=O) groups excluding carboxylic acids is 2. The lowest BCUT2D eigenvalue weighted by Crippen LogP contribution is -2.34. The molecule has 1 unspecified atom stereocenters. The highest BCUT2D eigenvalue weighted by Crippen LogP contribution is 2.41. The van der Waals surface area contributed by atoms with Crippen LogP contribution in [0, 0.1) is 19.3 Å². The number of Topliss-reactive ketones (excluding diaryl/α,β-unsaturated/α-hetero) is 1. The van der Waals surface area contributed by atoms with E-state index < -0.39 is 11.5 Å². The van der Waals surface area contributed by atoms with E-state index in [4.69, 9.17) is 4.74 Å². The van der Waals surface area contributed by atoms with Crippen LogP contribution in [0.4, 0.5) is 5.95 Å². The van der Waals surface area contributed by atoms with Crippen molar-refractivity contribution < 1.29 is 14.3 Å². The number of anilines is 1. The van der Waals surface area contributed by atoms with Crippen LogP contribution in [0.25, 0.3) is 0 Å². The van der Waals surface area contributed by atoms with Crippen molar-refractivity contribution in [3.05, 3.63) is 64.2 Å².